The highest BCUT2D eigenvalue weighted by Gasteiger charge is 2.15. The quantitative estimate of drug-likeness (QED) is 0.447. The van der Waals surface area contributed by atoms with Crippen molar-refractivity contribution in [2.75, 3.05) is 20.3 Å². The van der Waals surface area contributed by atoms with Gasteiger partial charge in [0.05, 0.1) is 25.9 Å². The largest absolute Gasteiger partial charge is 0.465 e. The van der Waals surface area contributed by atoms with Crippen LogP contribution in [0.4, 0.5) is 0 Å². The lowest BCUT2D eigenvalue weighted by Crippen LogP contribution is -2.10. The summed E-state index contributed by atoms with van der Waals surface area (Å²) in [7, 11) is 1.40. The molecule has 0 fully saturated rings. The number of rotatable bonds is 11. The molecule has 1 aromatic rings. The SMILES string of the molecule is CCCCOCc1cc(COCCCC)c(C(=O)OC)cc1C. The Kier molecular flexibility index (Phi) is 9.57. The molecule has 0 aliphatic heterocycles. The summed E-state index contributed by atoms with van der Waals surface area (Å²) in [5.74, 6) is -0.319. The van der Waals surface area contributed by atoms with Gasteiger partial charge in [-0.1, -0.05) is 32.8 Å². The number of aryl methyl sites for hydroxylation is 1. The molecule has 0 saturated heterocycles. The zero-order valence-electron chi connectivity index (χ0n) is 14.9. The monoisotopic (exact) mass is 322 g/mol. The number of esters is 1. The second-order valence-electron chi connectivity index (χ2n) is 5.74. The van der Waals surface area contributed by atoms with Gasteiger partial charge in [-0.2, -0.15) is 0 Å². The topological polar surface area (TPSA) is 44.8 Å². The molecule has 0 heterocycles. The van der Waals surface area contributed by atoms with Crippen molar-refractivity contribution in [1.82, 2.24) is 0 Å². The van der Waals surface area contributed by atoms with E-state index in [-0.39, 0.29) is 5.97 Å². The van der Waals surface area contributed by atoms with Crippen molar-refractivity contribution >= 4 is 5.97 Å². The van der Waals surface area contributed by atoms with Crippen LogP contribution >= 0.6 is 0 Å². The maximum Gasteiger partial charge on any atom is 0.338 e. The van der Waals surface area contributed by atoms with Crippen LogP contribution in [-0.2, 0) is 27.4 Å². The molecule has 0 aliphatic rings. The van der Waals surface area contributed by atoms with Crippen LogP contribution in [0.1, 0.15) is 66.6 Å². The van der Waals surface area contributed by atoms with E-state index in [2.05, 4.69) is 13.8 Å². The molecular formula is C19H30O4. The maximum atomic E-state index is 12.0. The van der Waals surface area contributed by atoms with Gasteiger partial charge < -0.3 is 14.2 Å². The Balaban J connectivity index is 2.85. The minimum absolute atomic E-state index is 0.319. The highest BCUT2D eigenvalue weighted by atomic mass is 16.5. The van der Waals surface area contributed by atoms with Crippen molar-refractivity contribution in [3.63, 3.8) is 0 Å². The Morgan fingerprint density at radius 3 is 2.04 bits per heavy atom. The number of benzene rings is 1. The number of carbonyl (C=O) groups excluding carboxylic acids is 1. The zero-order chi connectivity index (χ0) is 17.1. The van der Waals surface area contributed by atoms with Crippen molar-refractivity contribution in [2.24, 2.45) is 0 Å². The van der Waals surface area contributed by atoms with Crippen molar-refractivity contribution in [1.29, 1.82) is 0 Å². The summed E-state index contributed by atoms with van der Waals surface area (Å²) < 4.78 is 16.3. The van der Waals surface area contributed by atoms with E-state index in [0.29, 0.717) is 25.4 Å². The summed E-state index contributed by atoms with van der Waals surface area (Å²) in [6.07, 6.45) is 4.30. The number of unbranched alkanes of at least 4 members (excludes halogenated alkanes) is 2. The molecule has 0 saturated carbocycles. The molecule has 0 unspecified atom stereocenters. The predicted octanol–water partition coefficient (Wildman–Crippen LogP) is 4.42. The summed E-state index contributed by atoms with van der Waals surface area (Å²) in [5.41, 5.74) is 3.59. The first kappa shape index (κ1) is 19.7. The second kappa shape index (κ2) is 11.2. The van der Waals surface area contributed by atoms with Gasteiger partial charge in [-0.25, -0.2) is 4.79 Å². The smallest absolute Gasteiger partial charge is 0.338 e. The number of hydrogen-bond acceptors (Lipinski definition) is 4. The fraction of sp³-hybridized carbons (Fsp3) is 0.632. The summed E-state index contributed by atoms with van der Waals surface area (Å²) >= 11 is 0. The average Bonchev–Trinajstić information content (AvgIpc) is 2.56. The predicted molar refractivity (Wildman–Crippen MR) is 91.6 cm³/mol. The van der Waals surface area contributed by atoms with E-state index in [1.165, 1.54) is 7.11 Å². The van der Waals surface area contributed by atoms with Gasteiger partial charge in [-0.3, -0.25) is 0 Å². The minimum Gasteiger partial charge on any atom is -0.465 e. The van der Waals surface area contributed by atoms with E-state index in [1.54, 1.807) is 0 Å². The molecule has 0 amide bonds. The standard InChI is InChI=1S/C19H30O4/c1-5-7-9-22-13-16-12-17(14-23-10-8-6-2)18(11-15(16)3)19(20)21-4/h11-12H,5-10,13-14H2,1-4H3. The molecule has 0 aromatic heterocycles. The van der Waals surface area contributed by atoms with Crippen LogP contribution in [0.2, 0.25) is 0 Å². The molecule has 0 spiro atoms. The van der Waals surface area contributed by atoms with Crippen molar-refractivity contribution in [3.8, 4) is 0 Å². The lowest BCUT2D eigenvalue weighted by Gasteiger charge is -2.14. The Labute approximate surface area is 140 Å². The van der Waals surface area contributed by atoms with Crippen molar-refractivity contribution < 1.29 is 19.0 Å². The van der Waals surface area contributed by atoms with Crippen LogP contribution in [0, 0.1) is 6.92 Å². The number of methoxy groups -OCH3 is 1. The van der Waals surface area contributed by atoms with Gasteiger partial charge in [-0.05, 0) is 42.5 Å². The van der Waals surface area contributed by atoms with E-state index in [0.717, 1.165) is 49.0 Å². The summed E-state index contributed by atoms with van der Waals surface area (Å²) in [6.45, 7) is 8.71. The molecule has 23 heavy (non-hydrogen) atoms. The number of hydrogen-bond donors (Lipinski definition) is 0. The van der Waals surface area contributed by atoms with Crippen LogP contribution in [0.15, 0.2) is 12.1 Å². The number of carbonyl (C=O) groups is 1. The molecule has 1 rings (SSSR count). The van der Waals surface area contributed by atoms with Gasteiger partial charge in [-0.15, -0.1) is 0 Å². The lowest BCUT2D eigenvalue weighted by atomic mass is 9.99. The third-order valence-electron chi connectivity index (χ3n) is 3.77. The van der Waals surface area contributed by atoms with Crippen LogP contribution in [-0.4, -0.2) is 26.3 Å². The Hall–Kier alpha value is -1.39. The maximum absolute atomic E-state index is 12.0. The van der Waals surface area contributed by atoms with Gasteiger partial charge in [0, 0.05) is 13.2 Å². The van der Waals surface area contributed by atoms with Crippen LogP contribution in [0.5, 0.6) is 0 Å². The molecule has 0 aliphatic carbocycles. The van der Waals surface area contributed by atoms with E-state index < -0.39 is 0 Å². The van der Waals surface area contributed by atoms with Gasteiger partial charge in [0.2, 0.25) is 0 Å². The fourth-order valence-electron chi connectivity index (χ4n) is 2.24. The normalized spacial score (nSPS) is 10.8. The molecule has 130 valence electrons. The molecule has 0 N–H and O–H groups in total. The van der Waals surface area contributed by atoms with Gasteiger partial charge in [0.15, 0.2) is 0 Å². The molecule has 4 heteroatoms. The molecule has 0 atom stereocenters. The Bertz CT molecular complexity index is 483. The summed E-state index contributed by atoms with van der Waals surface area (Å²) in [5, 5.41) is 0. The van der Waals surface area contributed by atoms with Gasteiger partial charge in [0.25, 0.3) is 0 Å². The third-order valence-corrected chi connectivity index (χ3v) is 3.77. The van der Waals surface area contributed by atoms with E-state index in [4.69, 9.17) is 14.2 Å². The molecule has 1 aromatic carbocycles. The highest BCUT2D eigenvalue weighted by molar-refractivity contribution is 5.91. The van der Waals surface area contributed by atoms with Gasteiger partial charge >= 0.3 is 5.97 Å². The lowest BCUT2D eigenvalue weighted by molar-refractivity contribution is 0.0591. The van der Waals surface area contributed by atoms with Crippen molar-refractivity contribution in [2.45, 2.75) is 59.7 Å². The van der Waals surface area contributed by atoms with E-state index in [1.807, 2.05) is 19.1 Å². The highest BCUT2D eigenvalue weighted by Crippen LogP contribution is 2.20. The van der Waals surface area contributed by atoms with E-state index in [9.17, 15) is 4.79 Å². The first-order chi connectivity index (χ1) is 11.1. The minimum atomic E-state index is -0.319. The first-order valence-corrected chi connectivity index (χ1v) is 8.50. The number of ether oxygens (including phenoxy) is 3. The van der Waals surface area contributed by atoms with Crippen LogP contribution < -0.4 is 0 Å². The Morgan fingerprint density at radius 2 is 1.52 bits per heavy atom. The molecule has 0 radical (unpaired) electrons. The molecule has 4 nitrogen and oxygen atoms in total. The van der Waals surface area contributed by atoms with Gasteiger partial charge in [0.1, 0.15) is 0 Å². The fourth-order valence-corrected chi connectivity index (χ4v) is 2.24. The molecule has 0 bridgehead atoms. The summed E-state index contributed by atoms with van der Waals surface area (Å²) in [4.78, 5) is 12.0. The van der Waals surface area contributed by atoms with Crippen LogP contribution in [0.3, 0.4) is 0 Å². The van der Waals surface area contributed by atoms with E-state index >= 15 is 0 Å². The zero-order valence-corrected chi connectivity index (χ0v) is 14.9. The van der Waals surface area contributed by atoms with Crippen LogP contribution in [0.25, 0.3) is 0 Å². The summed E-state index contributed by atoms with van der Waals surface area (Å²) in [6, 6.07) is 3.89. The Morgan fingerprint density at radius 1 is 0.957 bits per heavy atom. The third kappa shape index (κ3) is 6.71. The molecular weight excluding hydrogens is 292 g/mol. The first-order valence-electron chi connectivity index (χ1n) is 8.50. The average molecular weight is 322 g/mol. The van der Waals surface area contributed by atoms with Crippen molar-refractivity contribution in [3.05, 3.63) is 34.4 Å². The second-order valence-corrected chi connectivity index (χ2v) is 5.74.